The molecule has 0 spiro atoms. The first-order chi connectivity index (χ1) is 17.0. The number of nitrogens with one attached hydrogen (secondary N) is 1. The molecule has 4 N–H and O–H groups in total. The third-order valence-corrected chi connectivity index (χ3v) is 5.93. The van der Waals surface area contributed by atoms with Gasteiger partial charge in [-0.3, -0.25) is 0 Å². The van der Waals surface area contributed by atoms with E-state index in [2.05, 4.69) is 27.4 Å². The van der Waals surface area contributed by atoms with Gasteiger partial charge in [0.05, 0.1) is 28.5 Å². The van der Waals surface area contributed by atoms with Crippen LogP contribution in [0.5, 0.6) is 5.75 Å². The molecule has 0 fully saturated rings. The van der Waals surface area contributed by atoms with Crippen molar-refractivity contribution in [3.8, 4) is 5.75 Å². The molecule has 2 aromatic carbocycles. The Morgan fingerprint density at radius 1 is 1.00 bits per heavy atom. The minimum absolute atomic E-state index is 0.227. The van der Waals surface area contributed by atoms with E-state index in [0.29, 0.717) is 12.2 Å². The number of benzene rings is 2. The molecule has 0 aliphatic carbocycles. The molecule has 0 saturated heterocycles. The van der Waals surface area contributed by atoms with Crippen LogP contribution in [0.1, 0.15) is 42.4 Å². The molecule has 0 radical (unpaired) electrons. The van der Waals surface area contributed by atoms with Crippen LogP contribution in [0.15, 0.2) is 54.6 Å². The highest BCUT2D eigenvalue weighted by atomic mass is 16.5. The summed E-state index contributed by atoms with van der Waals surface area (Å²) < 4.78 is 6.15. The maximum Gasteiger partial charge on any atom is 0.328 e. The zero-order chi connectivity index (χ0) is 26.5. The molecular weight excluding hydrogens is 462 g/mol. The summed E-state index contributed by atoms with van der Waals surface area (Å²) in [5.41, 5.74) is 4.98. The summed E-state index contributed by atoms with van der Waals surface area (Å²) in [5, 5.41) is 30.2. The van der Waals surface area contributed by atoms with Gasteiger partial charge < -0.3 is 25.4 Å². The highest BCUT2D eigenvalue weighted by molar-refractivity contribution is 5.89. The summed E-state index contributed by atoms with van der Waals surface area (Å²) in [4.78, 5) is 28.4. The van der Waals surface area contributed by atoms with Crippen LogP contribution in [-0.2, 0) is 16.0 Å². The number of ether oxygens (including phenoxy) is 1. The van der Waals surface area contributed by atoms with Crippen molar-refractivity contribution >= 4 is 23.0 Å². The van der Waals surface area contributed by atoms with Gasteiger partial charge in [-0.1, -0.05) is 30.3 Å². The van der Waals surface area contributed by atoms with Crippen molar-refractivity contribution in [3.63, 3.8) is 0 Å². The smallest absolute Gasteiger partial charge is 0.328 e. The summed E-state index contributed by atoms with van der Waals surface area (Å²) in [6, 6.07) is 14.1. The molecule has 0 bridgehead atoms. The molecule has 2 heterocycles. The molecule has 3 aromatic rings. The predicted molar refractivity (Wildman–Crippen MR) is 135 cm³/mol. The minimum Gasteiger partial charge on any atom is -0.485 e. The van der Waals surface area contributed by atoms with Crippen LogP contribution in [0.4, 0.5) is 0 Å². The number of aliphatic hydroxyl groups excluding tert-OH is 1. The predicted octanol–water partition coefficient (Wildman–Crippen LogP) is 3.36. The fraction of sp³-hybridized carbons (Fsp3) is 0.333. The van der Waals surface area contributed by atoms with Gasteiger partial charge in [-0.2, -0.15) is 0 Å². The van der Waals surface area contributed by atoms with E-state index in [4.69, 9.17) is 14.9 Å². The average Bonchev–Trinajstić information content (AvgIpc) is 2.81. The van der Waals surface area contributed by atoms with E-state index in [1.165, 1.54) is 5.56 Å². The van der Waals surface area contributed by atoms with Crippen LogP contribution < -0.4 is 10.1 Å². The maximum atomic E-state index is 11.0. The molecule has 0 saturated carbocycles. The van der Waals surface area contributed by atoms with Crippen molar-refractivity contribution in [1.29, 1.82) is 0 Å². The number of nitrogens with zero attached hydrogens (tertiary/aromatic N) is 2. The Morgan fingerprint density at radius 3 is 2.11 bits per heavy atom. The van der Waals surface area contributed by atoms with Crippen molar-refractivity contribution in [2.75, 3.05) is 6.54 Å². The van der Waals surface area contributed by atoms with E-state index in [1.807, 2.05) is 58.0 Å². The quantitative estimate of drug-likeness (QED) is 0.380. The molecule has 1 aromatic heterocycles. The third kappa shape index (κ3) is 6.65. The van der Waals surface area contributed by atoms with Gasteiger partial charge in [0.25, 0.3) is 0 Å². The highest BCUT2D eigenvalue weighted by Gasteiger charge is 2.43. The van der Waals surface area contributed by atoms with Crippen LogP contribution in [0.25, 0.3) is 11.0 Å². The second kappa shape index (κ2) is 11.3. The largest absolute Gasteiger partial charge is 0.485 e. The van der Waals surface area contributed by atoms with Gasteiger partial charge in [-0.15, -0.1) is 0 Å². The number of aryl methyl sites for hydroxylation is 2. The number of fused-ring (bicyclic) bond motifs is 2. The zero-order valence-corrected chi connectivity index (χ0v) is 20.7. The van der Waals surface area contributed by atoms with E-state index in [1.54, 1.807) is 0 Å². The highest BCUT2D eigenvalue weighted by Crippen LogP contribution is 2.41. The van der Waals surface area contributed by atoms with Gasteiger partial charge in [-0.05, 0) is 52.3 Å². The second-order valence-corrected chi connectivity index (χ2v) is 9.10. The Bertz CT molecular complexity index is 1260. The Balaban J connectivity index is 0.000000392. The number of carbonyl (C=O) groups is 2. The molecule has 1 aliphatic rings. The lowest BCUT2D eigenvalue weighted by molar-refractivity contribution is -0.134. The number of carboxylic acids is 2. The Kier molecular flexibility index (Phi) is 8.39. The number of hydrogen-bond acceptors (Lipinski definition) is 7. The molecule has 9 heteroatoms. The lowest BCUT2D eigenvalue weighted by atomic mass is 9.86. The summed E-state index contributed by atoms with van der Waals surface area (Å²) in [5.74, 6) is -1.75. The number of rotatable bonds is 6. The van der Waals surface area contributed by atoms with Crippen molar-refractivity contribution < 1.29 is 29.6 Å². The summed E-state index contributed by atoms with van der Waals surface area (Å²) in [6.07, 6.45) is 1.34. The van der Waals surface area contributed by atoms with Gasteiger partial charge in [0.2, 0.25) is 0 Å². The average molecular weight is 494 g/mol. The van der Waals surface area contributed by atoms with E-state index in [0.717, 1.165) is 46.7 Å². The molecule has 2 atom stereocenters. The van der Waals surface area contributed by atoms with Crippen LogP contribution in [-0.4, -0.2) is 55.5 Å². The normalized spacial score (nSPS) is 18.1. The molecule has 0 unspecified atom stereocenters. The number of hydrogen-bond donors (Lipinski definition) is 4. The third-order valence-electron chi connectivity index (χ3n) is 5.93. The molecule has 36 heavy (non-hydrogen) atoms. The SMILES string of the molecule is Cc1nc2cc3c(cc2nc1C)[C@H](NCCc1ccccc1)[C@@H](O)C(C)(C)O3.O=C(O)/C=C\C(=O)O. The van der Waals surface area contributed by atoms with Crippen molar-refractivity contribution in [2.45, 2.75) is 51.9 Å². The van der Waals surface area contributed by atoms with Gasteiger partial charge in [0.1, 0.15) is 17.5 Å². The van der Waals surface area contributed by atoms with E-state index < -0.39 is 23.6 Å². The first kappa shape index (κ1) is 26.8. The Labute approximate surface area is 209 Å². The van der Waals surface area contributed by atoms with Gasteiger partial charge in [0, 0.05) is 23.8 Å². The lowest BCUT2D eigenvalue weighted by Crippen LogP contribution is -2.52. The number of aromatic nitrogens is 2. The topological polar surface area (TPSA) is 142 Å². The second-order valence-electron chi connectivity index (χ2n) is 9.10. The molecule has 9 nitrogen and oxygen atoms in total. The summed E-state index contributed by atoms with van der Waals surface area (Å²) >= 11 is 0. The van der Waals surface area contributed by atoms with E-state index in [-0.39, 0.29) is 6.04 Å². The number of aliphatic hydroxyl groups is 1. The van der Waals surface area contributed by atoms with Gasteiger partial charge >= 0.3 is 11.9 Å². The number of aliphatic carboxylic acids is 2. The molecule has 4 rings (SSSR count). The van der Waals surface area contributed by atoms with E-state index >= 15 is 0 Å². The minimum atomic E-state index is -1.26. The summed E-state index contributed by atoms with van der Waals surface area (Å²) in [7, 11) is 0. The number of carboxylic acid groups (broad SMARTS) is 2. The Morgan fingerprint density at radius 2 is 1.56 bits per heavy atom. The van der Waals surface area contributed by atoms with Crippen molar-refractivity contribution in [2.24, 2.45) is 0 Å². The fourth-order valence-electron chi connectivity index (χ4n) is 3.90. The Hall–Kier alpha value is -3.82. The molecule has 0 amide bonds. The van der Waals surface area contributed by atoms with Crippen LogP contribution in [0, 0.1) is 13.8 Å². The van der Waals surface area contributed by atoms with Crippen molar-refractivity contribution in [1.82, 2.24) is 15.3 Å². The maximum absolute atomic E-state index is 11.0. The van der Waals surface area contributed by atoms with Gasteiger partial charge in [0.15, 0.2) is 0 Å². The van der Waals surface area contributed by atoms with Crippen LogP contribution in [0.2, 0.25) is 0 Å². The van der Waals surface area contributed by atoms with Crippen LogP contribution in [0.3, 0.4) is 0 Å². The van der Waals surface area contributed by atoms with E-state index in [9.17, 15) is 14.7 Å². The van der Waals surface area contributed by atoms with Gasteiger partial charge in [-0.25, -0.2) is 19.6 Å². The molecular formula is C27H31N3O6. The molecule has 1 aliphatic heterocycles. The zero-order valence-electron chi connectivity index (χ0n) is 20.7. The lowest BCUT2D eigenvalue weighted by Gasteiger charge is -2.42. The first-order valence-corrected chi connectivity index (χ1v) is 11.5. The monoisotopic (exact) mass is 493 g/mol. The first-order valence-electron chi connectivity index (χ1n) is 11.5. The molecule has 190 valence electrons. The summed E-state index contributed by atoms with van der Waals surface area (Å²) in [6.45, 7) is 8.53. The standard InChI is InChI=1S/C23H27N3O2.C4H4O4/c1-14-15(2)26-19-13-20-17(12-18(19)25-14)21(22(27)23(3,4)28-20)24-11-10-16-8-6-5-7-9-16;5-3(6)1-2-4(7)8/h5-9,12-13,21-22,24,27H,10-11H2,1-4H3;1-2H,(H,5,6)(H,7,8)/b;2-1-/t21-,22+;/m0./s1. The fourth-order valence-corrected chi connectivity index (χ4v) is 3.90. The van der Waals surface area contributed by atoms with Crippen LogP contribution >= 0.6 is 0 Å². The van der Waals surface area contributed by atoms with Crippen molar-refractivity contribution in [3.05, 3.63) is 77.1 Å².